The Morgan fingerprint density at radius 1 is 1.19 bits per heavy atom. The molecule has 2 heterocycles. The van der Waals surface area contributed by atoms with Crippen LogP contribution in [-0.2, 0) is 19.4 Å². The maximum absolute atomic E-state index is 12.7. The first-order valence-electron chi connectivity index (χ1n) is 9.32. The number of nitrogens with zero attached hydrogens (tertiary/aromatic N) is 3. The van der Waals surface area contributed by atoms with E-state index in [1.807, 2.05) is 6.07 Å². The first-order valence-corrected chi connectivity index (χ1v) is 11.1. The molecule has 1 aromatic rings. The summed E-state index contributed by atoms with van der Waals surface area (Å²) >= 11 is 0. The van der Waals surface area contributed by atoms with E-state index in [0.29, 0.717) is 19.5 Å². The first kappa shape index (κ1) is 19.7. The van der Waals surface area contributed by atoms with Crippen molar-refractivity contribution in [2.75, 3.05) is 49.1 Å². The number of hydrogen-bond acceptors (Lipinski definition) is 5. The average molecular weight is 394 g/mol. The Morgan fingerprint density at radius 2 is 1.89 bits per heavy atom. The monoisotopic (exact) mass is 393 g/mol. The van der Waals surface area contributed by atoms with E-state index in [2.05, 4.69) is 30.0 Å². The molecule has 0 N–H and O–H groups in total. The summed E-state index contributed by atoms with van der Waals surface area (Å²) < 4.78 is 23.4. The molecule has 0 aromatic heterocycles. The zero-order valence-corrected chi connectivity index (χ0v) is 16.7. The van der Waals surface area contributed by atoms with Gasteiger partial charge in [-0.05, 0) is 31.0 Å². The Kier molecular flexibility index (Phi) is 5.74. The van der Waals surface area contributed by atoms with Crippen LogP contribution in [0.15, 0.2) is 24.3 Å². The van der Waals surface area contributed by atoms with Gasteiger partial charge in [0.15, 0.2) is 9.84 Å². The van der Waals surface area contributed by atoms with E-state index in [0.717, 1.165) is 18.8 Å². The van der Waals surface area contributed by atoms with Gasteiger partial charge in [0, 0.05) is 44.8 Å². The lowest BCUT2D eigenvalue weighted by Crippen LogP contribution is -2.53. The van der Waals surface area contributed by atoms with Crippen LogP contribution in [-0.4, -0.2) is 80.3 Å². The number of sulfone groups is 1. The van der Waals surface area contributed by atoms with E-state index in [4.69, 9.17) is 0 Å². The summed E-state index contributed by atoms with van der Waals surface area (Å²) in [6, 6.07) is 7.91. The Balaban J connectivity index is 1.57. The molecule has 0 saturated carbocycles. The Morgan fingerprint density at radius 3 is 2.44 bits per heavy atom. The topological polar surface area (TPSA) is 78.0 Å². The van der Waals surface area contributed by atoms with E-state index in [9.17, 15) is 18.0 Å². The van der Waals surface area contributed by atoms with Crippen molar-refractivity contribution in [2.45, 2.75) is 26.3 Å². The van der Waals surface area contributed by atoms with Crippen LogP contribution in [0.4, 0.5) is 5.69 Å². The van der Waals surface area contributed by atoms with Gasteiger partial charge in [0.25, 0.3) is 0 Å². The van der Waals surface area contributed by atoms with Crippen LogP contribution in [0.25, 0.3) is 0 Å². The van der Waals surface area contributed by atoms with Crippen molar-refractivity contribution >= 4 is 27.3 Å². The van der Waals surface area contributed by atoms with Crippen molar-refractivity contribution in [3.63, 3.8) is 0 Å². The van der Waals surface area contributed by atoms with Crippen LogP contribution in [0.3, 0.4) is 0 Å². The van der Waals surface area contributed by atoms with Gasteiger partial charge >= 0.3 is 0 Å². The number of carbonyl (C=O) groups excluding carboxylic acids is 2. The van der Waals surface area contributed by atoms with Crippen molar-refractivity contribution < 1.29 is 18.0 Å². The highest BCUT2D eigenvalue weighted by Gasteiger charge is 2.35. The highest BCUT2D eigenvalue weighted by atomic mass is 32.2. The molecule has 2 aliphatic rings. The molecule has 0 radical (unpaired) electrons. The second kappa shape index (κ2) is 7.88. The number of rotatable bonds is 4. The molecule has 0 spiro atoms. The molecule has 0 aliphatic carbocycles. The quantitative estimate of drug-likeness (QED) is 0.752. The van der Waals surface area contributed by atoms with Crippen LogP contribution in [0.1, 0.15) is 18.9 Å². The van der Waals surface area contributed by atoms with Crippen LogP contribution in [0.5, 0.6) is 0 Å². The van der Waals surface area contributed by atoms with Gasteiger partial charge in [-0.3, -0.25) is 9.59 Å². The lowest BCUT2D eigenvalue weighted by Gasteiger charge is -2.37. The molecule has 2 aliphatic heterocycles. The van der Waals surface area contributed by atoms with Gasteiger partial charge in [-0.15, -0.1) is 0 Å². The molecule has 2 saturated heterocycles. The first-order chi connectivity index (χ1) is 12.7. The molecular weight excluding hydrogens is 366 g/mol. The van der Waals surface area contributed by atoms with Gasteiger partial charge in [-0.1, -0.05) is 12.1 Å². The number of anilines is 1. The van der Waals surface area contributed by atoms with Crippen molar-refractivity contribution in [1.29, 1.82) is 0 Å². The zero-order chi connectivity index (χ0) is 19.6. The molecule has 1 aromatic carbocycles. The molecule has 148 valence electrons. The minimum absolute atomic E-state index is 0.0407. The Bertz CT molecular complexity index is 816. The maximum Gasteiger partial charge on any atom is 0.242 e. The third-order valence-corrected chi connectivity index (χ3v) is 7.11. The second-order valence-electron chi connectivity index (χ2n) is 7.41. The highest BCUT2D eigenvalue weighted by molar-refractivity contribution is 7.91. The summed E-state index contributed by atoms with van der Waals surface area (Å²) in [5.41, 5.74) is 2.36. The maximum atomic E-state index is 12.7. The fourth-order valence-corrected chi connectivity index (χ4v) is 5.53. The van der Waals surface area contributed by atoms with Crippen LogP contribution < -0.4 is 4.90 Å². The SMILES string of the molecule is CC(=O)N(CC(=O)N1CCN(c2cccc(C)c2)CC1)C1CCS(=O)(=O)C1. The minimum Gasteiger partial charge on any atom is -0.368 e. The van der Waals surface area contributed by atoms with Crippen LogP contribution in [0.2, 0.25) is 0 Å². The van der Waals surface area contributed by atoms with Crippen molar-refractivity contribution in [1.82, 2.24) is 9.80 Å². The smallest absolute Gasteiger partial charge is 0.242 e. The molecule has 8 heteroatoms. The number of benzene rings is 1. The fraction of sp³-hybridized carbons (Fsp3) is 0.579. The summed E-state index contributed by atoms with van der Waals surface area (Å²) in [5.74, 6) is -0.312. The molecule has 2 fully saturated rings. The normalized spacial score (nSPS) is 21.9. The summed E-state index contributed by atoms with van der Waals surface area (Å²) in [4.78, 5) is 30.1. The Labute approximate surface area is 160 Å². The van der Waals surface area contributed by atoms with Gasteiger partial charge in [0.05, 0.1) is 11.5 Å². The lowest BCUT2D eigenvalue weighted by molar-refractivity contribution is -0.141. The number of aryl methyl sites for hydroxylation is 1. The van der Waals surface area contributed by atoms with Crippen molar-refractivity contribution in [2.24, 2.45) is 0 Å². The Hall–Kier alpha value is -2.09. The standard InChI is InChI=1S/C19H27N3O4S/c1-15-4-3-5-17(12-15)20-7-9-21(10-8-20)19(24)13-22(16(2)23)18-6-11-27(25,26)14-18/h3-5,12,18H,6-11,13-14H2,1-2H3. The number of amides is 2. The number of piperazine rings is 1. The molecule has 3 rings (SSSR count). The third-order valence-electron chi connectivity index (χ3n) is 5.36. The zero-order valence-electron chi connectivity index (χ0n) is 15.9. The lowest BCUT2D eigenvalue weighted by atomic mass is 10.2. The summed E-state index contributed by atoms with van der Waals surface area (Å²) in [6.07, 6.45) is 0.413. The van der Waals surface area contributed by atoms with E-state index < -0.39 is 9.84 Å². The van der Waals surface area contributed by atoms with Gasteiger partial charge in [0.2, 0.25) is 11.8 Å². The molecule has 2 amide bonds. The second-order valence-corrected chi connectivity index (χ2v) is 9.64. The molecule has 1 atom stereocenters. The van der Waals surface area contributed by atoms with Gasteiger partial charge < -0.3 is 14.7 Å². The van der Waals surface area contributed by atoms with E-state index in [1.165, 1.54) is 17.4 Å². The number of hydrogen-bond donors (Lipinski definition) is 0. The van der Waals surface area contributed by atoms with E-state index >= 15 is 0 Å². The predicted molar refractivity (Wildman–Crippen MR) is 104 cm³/mol. The molecule has 7 nitrogen and oxygen atoms in total. The molecule has 0 bridgehead atoms. The van der Waals surface area contributed by atoms with Gasteiger partial charge in [0.1, 0.15) is 6.54 Å². The number of carbonyl (C=O) groups is 2. The van der Waals surface area contributed by atoms with Crippen molar-refractivity contribution in [3.8, 4) is 0 Å². The summed E-state index contributed by atoms with van der Waals surface area (Å²) in [7, 11) is -3.10. The van der Waals surface area contributed by atoms with Crippen LogP contribution in [0, 0.1) is 6.92 Å². The fourth-order valence-electron chi connectivity index (χ4n) is 3.80. The van der Waals surface area contributed by atoms with Gasteiger partial charge in [-0.25, -0.2) is 8.42 Å². The predicted octanol–water partition coefficient (Wildman–Crippen LogP) is 0.679. The molecular formula is C19H27N3O4S. The van der Waals surface area contributed by atoms with E-state index in [1.54, 1.807) is 4.90 Å². The largest absolute Gasteiger partial charge is 0.368 e. The van der Waals surface area contributed by atoms with Crippen LogP contribution >= 0.6 is 0 Å². The average Bonchev–Trinajstić information content (AvgIpc) is 2.99. The molecule has 1 unspecified atom stereocenters. The van der Waals surface area contributed by atoms with E-state index in [-0.39, 0.29) is 35.9 Å². The summed E-state index contributed by atoms with van der Waals surface area (Å²) in [6.45, 7) is 6.10. The molecule has 27 heavy (non-hydrogen) atoms. The van der Waals surface area contributed by atoms with Gasteiger partial charge in [-0.2, -0.15) is 0 Å². The summed E-state index contributed by atoms with van der Waals surface area (Å²) in [5, 5.41) is 0. The third kappa shape index (κ3) is 4.80. The highest BCUT2D eigenvalue weighted by Crippen LogP contribution is 2.20. The minimum atomic E-state index is -3.10. The van der Waals surface area contributed by atoms with Crippen molar-refractivity contribution in [3.05, 3.63) is 29.8 Å².